The summed E-state index contributed by atoms with van der Waals surface area (Å²) < 4.78 is 66.2. The number of thiazole rings is 1. The van der Waals surface area contributed by atoms with E-state index in [0.717, 1.165) is 42.8 Å². The largest absolute Gasteiger partial charge is 0.335 e. The predicted molar refractivity (Wildman–Crippen MR) is 169 cm³/mol. The SMILES string of the molecule is CCC(=C/c1sc2ccc(Cl)cc2[n+]1CCCCS(=O)(=O)O)/C=C1\Sc2ccc(Cl)cc2N1CCCCS(=O)(=O)O. The first-order chi connectivity index (χ1) is 19.3. The van der Waals surface area contributed by atoms with Crippen LogP contribution >= 0.6 is 46.3 Å². The Balaban J connectivity index is 1.65. The van der Waals surface area contributed by atoms with Gasteiger partial charge in [-0.15, -0.1) is 0 Å². The molecule has 222 valence electrons. The summed E-state index contributed by atoms with van der Waals surface area (Å²) in [7, 11) is -8.02. The molecule has 0 aliphatic carbocycles. The molecule has 0 saturated carbocycles. The monoisotopic (exact) mass is 677 g/mol. The lowest BCUT2D eigenvalue weighted by molar-refractivity contribution is -0.669. The van der Waals surface area contributed by atoms with Gasteiger partial charge in [0.2, 0.25) is 5.52 Å². The van der Waals surface area contributed by atoms with Gasteiger partial charge in [0.25, 0.3) is 25.2 Å². The number of hydrogen-bond donors (Lipinski definition) is 2. The van der Waals surface area contributed by atoms with Gasteiger partial charge in [0.05, 0.1) is 22.2 Å². The second-order valence-electron chi connectivity index (χ2n) is 9.61. The van der Waals surface area contributed by atoms with Gasteiger partial charge >= 0.3 is 0 Å². The molecule has 8 nitrogen and oxygen atoms in total. The Labute approximate surface area is 259 Å². The number of thioether (sulfide) groups is 1. The third kappa shape index (κ3) is 9.17. The topological polar surface area (TPSA) is 116 Å². The highest BCUT2D eigenvalue weighted by Gasteiger charge is 2.26. The van der Waals surface area contributed by atoms with E-state index in [9.17, 15) is 16.8 Å². The molecule has 14 heteroatoms. The van der Waals surface area contributed by atoms with Gasteiger partial charge in [-0.2, -0.15) is 21.4 Å². The van der Waals surface area contributed by atoms with Crippen molar-refractivity contribution in [3.05, 3.63) is 68.1 Å². The zero-order valence-corrected chi connectivity index (χ0v) is 27.1. The second kappa shape index (κ2) is 13.8. The van der Waals surface area contributed by atoms with Gasteiger partial charge in [-0.3, -0.25) is 9.11 Å². The van der Waals surface area contributed by atoms with Crippen molar-refractivity contribution in [3.8, 4) is 0 Å². The standard InChI is InChI=1S/C27H30Cl2N2O6S4/c1-2-19(15-26-30(11-3-5-13-40(32,33)34)22-17-20(28)7-9-24(22)38-26)16-27-31(12-4-6-14-41(35,36)37)23-18-21(29)8-10-25(23)39-27/h7-10,15-18H,2-6,11-14H2,1H3,(H-,32,33,34,35,36,37)/p+1. The predicted octanol–water partition coefficient (Wildman–Crippen LogP) is 7.08. The summed E-state index contributed by atoms with van der Waals surface area (Å²) >= 11 is 15.8. The van der Waals surface area contributed by atoms with Crippen LogP contribution < -0.4 is 9.47 Å². The number of aryl methyl sites for hydroxylation is 1. The molecule has 4 rings (SSSR count). The molecule has 1 aromatic heterocycles. The van der Waals surface area contributed by atoms with E-state index in [1.54, 1.807) is 23.1 Å². The number of rotatable bonds is 13. The molecule has 1 aliphatic heterocycles. The quantitative estimate of drug-likeness (QED) is 0.112. The Kier molecular flexibility index (Phi) is 10.8. The van der Waals surface area contributed by atoms with Gasteiger partial charge in [-0.1, -0.05) is 53.2 Å². The molecule has 0 radical (unpaired) electrons. The van der Waals surface area contributed by atoms with Crippen LogP contribution in [0.1, 0.15) is 44.0 Å². The Bertz CT molecular complexity index is 1700. The Morgan fingerprint density at radius 1 is 0.951 bits per heavy atom. The van der Waals surface area contributed by atoms with Gasteiger partial charge in [-0.25, -0.2) is 0 Å². The van der Waals surface area contributed by atoms with Crippen molar-refractivity contribution in [1.82, 2.24) is 0 Å². The third-order valence-electron chi connectivity index (χ3n) is 6.48. The number of anilines is 1. The van der Waals surface area contributed by atoms with E-state index in [1.807, 2.05) is 36.4 Å². The van der Waals surface area contributed by atoms with E-state index < -0.39 is 20.2 Å². The van der Waals surface area contributed by atoms with Crippen LogP contribution in [-0.2, 0) is 26.8 Å². The van der Waals surface area contributed by atoms with E-state index in [1.165, 1.54) is 0 Å². The molecule has 0 atom stereocenters. The summed E-state index contributed by atoms with van der Waals surface area (Å²) in [5, 5.41) is 3.20. The van der Waals surface area contributed by atoms with E-state index in [4.69, 9.17) is 32.3 Å². The zero-order chi connectivity index (χ0) is 29.8. The number of benzene rings is 2. The normalized spacial score (nSPS) is 15.3. The van der Waals surface area contributed by atoms with Crippen molar-refractivity contribution in [2.24, 2.45) is 0 Å². The van der Waals surface area contributed by atoms with Crippen molar-refractivity contribution in [3.63, 3.8) is 0 Å². The maximum absolute atomic E-state index is 11.2. The van der Waals surface area contributed by atoms with Crippen LogP contribution in [0.2, 0.25) is 10.0 Å². The lowest BCUT2D eigenvalue weighted by Gasteiger charge is -2.21. The van der Waals surface area contributed by atoms with E-state index in [2.05, 4.69) is 28.5 Å². The van der Waals surface area contributed by atoms with Crippen LogP contribution in [0.4, 0.5) is 5.69 Å². The first kappa shape index (κ1) is 32.3. The maximum Gasteiger partial charge on any atom is 0.264 e. The molecule has 2 aromatic carbocycles. The minimum atomic E-state index is -4.01. The van der Waals surface area contributed by atoms with Crippen LogP contribution in [0.25, 0.3) is 16.3 Å². The lowest BCUT2D eigenvalue weighted by Crippen LogP contribution is -2.35. The van der Waals surface area contributed by atoms with Gasteiger partial charge < -0.3 is 4.90 Å². The van der Waals surface area contributed by atoms with Crippen LogP contribution in [-0.4, -0.2) is 44.0 Å². The van der Waals surface area contributed by atoms with Crippen molar-refractivity contribution in [1.29, 1.82) is 0 Å². The summed E-state index contributed by atoms with van der Waals surface area (Å²) in [6.07, 6.45) is 6.80. The van der Waals surface area contributed by atoms with Gasteiger partial charge in [0.15, 0.2) is 6.54 Å². The molecule has 0 saturated heterocycles. The fourth-order valence-electron chi connectivity index (χ4n) is 4.50. The number of unbranched alkanes of at least 4 members (excludes halogenated alkanes) is 2. The second-order valence-corrected chi connectivity index (χ2v) is 15.8. The average molecular weight is 679 g/mol. The number of nitrogens with zero attached hydrogens (tertiary/aromatic N) is 2. The van der Waals surface area contributed by atoms with Crippen molar-refractivity contribution in [2.45, 2.75) is 50.5 Å². The highest BCUT2D eigenvalue weighted by molar-refractivity contribution is 8.03. The van der Waals surface area contributed by atoms with Gasteiger partial charge in [0.1, 0.15) is 4.70 Å². The number of fused-ring (bicyclic) bond motifs is 2. The van der Waals surface area contributed by atoms with Crippen molar-refractivity contribution < 1.29 is 30.5 Å². The molecule has 0 unspecified atom stereocenters. The Morgan fingerprint density at radius 3 is 2.29 bits per heavy atom. The summed E-state index contributed by atoms with van der Waals surface area (Å²) in [5.41, 5.74) is 2.99. The molecular formula is C27H31Cl2N2O6S4+. The fraction of sp³-hybridized carbons (Fsp3) is 0.370. The first-order valence-electron chi connectivity index (χ1n) is 13.0. The Morgan fingerprint density at radius 2 is 1.61 bits per heavy atom. The highest BCUT2D eigenvalue weighted by atomic mass is 35.5. The molecule has 1 aliphatic rings. The number of aromatic nitrogens is 1. The lowest BCUT2D eigenvalue weighted by atomic mass is 10.2. The summed E-state index contributed by atoms with van der Waals surface area (Å²) in [6.45, 7) is 3.20. The van der Waals surface area contributed by atoms with Gasteiger partial charge in [0, 0.05) is 40.0 Å². The zero-order valence-electron chi connectivity index (χ0n) is 22.3. The van der Waals surface area contributed by atoms with Crippen molar-refractivity contribution >= 4 is 88.5 Å². The minimum absolute atomic E-state index is 0.282. The maximum atomic E-state index is 11.2. The molecule has 0 fully saturated rings. The van der Waals surface area contributed by atoms with E-state index in [0.29, 0.717) is 48.8 Å². The van der Waals surface area contributed by atoms with Crippen LogP contribution in [0, 0.1) is 0 Å². The summed E-state index contributed by atoms with van der Waals surface area (Å²) in [4.78, 5) is 3.18. The molecule has 2 N–H and O–H groups in total. The molecule has 0 bridgehead atoms. The van der Waals surface area contributed by atoms with Gasteiger partial charge in [-0.05, 0) is 67.7 Å². The number of halogens is 2. The number of allylic oxidation sites excluding steroid dienone is 2. The first-order valence-corrected chi connectivity index (χ1v) is 18.6. The summed E-state index contributed by atoms with van der Waals surface area (Å²) in [6, 6.07) is 11.4. The molecular weight excluding hydrogens is 647 g/mol. The van der Waals surface area contributed by atoms with Crippen LogP contribution in [0.5, 0.6) is 0 Å². The molecule has 0 amide bonds. The van der Waals surface area contributed by atoms with E-state index >= 15 is 0 Å². The fourth-order valence-corrected chi connectivity index (χ4v) is 8.26. The smallest absolute Gasteiger partial charge is 0.264 e. The number of hydrogen-bond acceptors (Lipinski definition) is 7. The molecule has 41 heavy (non-hydrogen) atoms. The average Bonchev–Trinajstić information content (AvgIpc) is 3.39. The minimum Gasteiger partial charge on any atom is -0.335 e. The Hall–Kier alpha value is -1.64. The van der Waals surface area contributed by atoms with E-state index in [-0.39, 0.29) is 11.5 Å². The highest BCUT2D eigenvalue weighted by Crippen LogP contribution is 2.47. The van der Waals surface area contributed by atoms with Crippen LogP contribution in [0.3, 0.4) is 0 Å². The molecule has 0 spiro atoms. The molecule has 3 aromatic rings. The van der Waals surface area contributed by atoms with Crippen molar-refractivity contribution in [2.75, 3.05) is 23.0 Å². The third-order valence-corrected chi connectivity index (χ3v) is 10.8. The summed E-state index contributed by atoms with van der Waals surface area (Å²) in [5.74, 6) is -0.564. The molecule has 2 heterocycles. The van der Waals surface area contributed by atoms with Crippen LogP contribution in [0.15, 0.2) is 58.0 Å².